The summed E-state index contributed by atoms with van der Waals surface area (Å²) in [6.45, 7) is 6.27. The maximum Gasteiger partial charge on any atom is 0.306 e. The van der Waals surface area contributed by atoms with E-state index in [9.17, 15) is 19.8 Å². The Hall–Kier alpha value is -3.22. The van der Waals surface area contributed by atoms with Gasteiger partial charge in [0.1, 0.15) is 6.10 Å². The molecule has 0 aliphatic heterocycles. The number of carbonyl (C=O) groups is 2. The number of unbranched alkanes of at least 4 members (excludes halogenated alkanes) is 22. The van der Waals surface area contributed by atoms with Crippen molar-refractivity contribution in [2.45, 2.75) is 238 Å². The fraction of sp³-hybridized carbons (Fsp3) is 0.679. The lowest BCUT2D eigenvalue weighted by atomic mass is 10.0. The first-order valence-electron chi connectivity index (χ1n) is 25.6. The number of allylic oxidation sites excluding steroid dienone is 16. The fourth-order valence-electron chi connectivity index (χ4n) is 7.22. The molecule has 0 radical (unpaired) electrons. The van der Waals surface area contributed by atoms with Crippen LogP contribution < -0.4 is 5.32 Å². The second-order valence-corrected chi connectivity index (χ2v) is 17.0. The Morgan fingerprint density at radius 3 is 1.39 bits per heavy atom. The summed E-state index contributed by atoms with van der Waals surface area (Å²) in [5.41, 5.74) is 0. The molecule has 62 heavy (non-hydrogen) atoms. The van der Waals surface area contributed by atoms with E-state index in [2.05, 4.69) is 86.8 Å². The number of amides is 1. The Balaban J connectivity index is 4.65. The zero-order valence-electron chi connectivity index (χ0n) is 40.2. The van der Waals surface area contributed by atoms with Crippen molar-refractivity contribution >= 4 is 11.9 Å². The molecule has 1 amide bonds. The summed E-state index contributed by atoms with van der Waals surface area (Å²) >= 11 is 0. The average Bonchev–Trinajstić information content (AvgIpc) is 3.26. The summed E-state index contributed by atoms with van der Waals surface area (Å²) in [5.74, 6) is -0.576. The first-order valence-corrected chi connectivity index (χ1v) is 25.6. The summed E-state index contributed by atoms with van der Waals surface area (Å²) in [5, 5.41) is 23.7. The highest BCUT2D eigenvalue weighted by molar-refractivity contribution is 5.77. The molecule has 0 saturated carbocycles. The smallest absolute Gasteiger partial charge is 0.306 e. The van der Waals surface area contributed by atoms with Crippen molar-refractivity contribution < 1.29 is 24.5 Å². The molecule has 0 aliphatic carbocycles. The minimum Gasteiger partial charge on any atom is -0.462 e. The van der Waals surface area contributed by atoms with Crippen molar-refractivity contribution in [2.24, 2.45) is 0 Å². The summed E-state index contributed by atoms with van der Waals surface area (Å²) in [6.07, 6.45) is 64.7. The van der Waals surface area contributed by atoms with Crippen LogP contribution in [0, 0.1) is 0 Å². The Morgan fingerprint density at radius 2 is 0.887 bits per heavy atom. The highest BCUT2D eigenvalue weighted by Gasteiger charge is 2.24. The molecule has 3 N–H and O–H groups in total. The van der Waals surface area contributed by atoms with Crippen LogP contribution in [0.2, 0.25) is 0 Å². The van der Waals surface area contributed by atoms with E-state index in [0.717, 1.165) is 83.5 Å². The number of aliphatic hydroxyl groups is 2. The Morgan fingerprint density at radius 1 is 0.484 bits per heavy atom. The lowest BCUT2D eigenvalue weighted by molar-refractivity contribution is -0.151. The molecule has 6 heteroatoms. The molecular weight excluding hydrogens is 767 g/mol. The number of hydrogen-bond acceptors (Lipinski definition) is 5. The van der Waals surface area contributed by atoms with Crippen LogP contribution in [0.4, 0.5) is 0 Å². The molecule has 0 aromatic heterocycles. The van der Waals surface area contributed by atoms with Crippen LogP contribution in [0.25, 0.3) is 0 Å². The normalized spacial score (nSPS) is 14.1. The number of esters is 1. The van der Waals surface area contributed by atoms with Crippen LogP contribution in [-0.2, 0) is 14.3 Å². The van der Waals surface area contributed by atoms with Crippen molar-refractivity contribution in [3.05, 3.63) is 97.2 Å². The van der Waals surface area contributed by atoms with Gasteiger partial charge in [0.15, 0.2) is 0 Å². The number of hydrogen-bond donors (Lipinski definition) is 3. The van der Waals surface area contributed by atoms with E-state index < -0.39 is 18.2 Å². The molecule has 0 aromatic carbocycles. The molecule has 0 bridgehead atoms. The molecule has 0 aliphatic rings. The van der Waals surface area contributed by atoms with Crippen molar-refractivity contribution in [2.75, 3.05) is 6.61 Å². The maximum atomic E-state index is 13.2. The monoisotopic (exact) mass is 862 g/mol. The van der Waals surface area contributed by atoms with Crippen LogP contribution in [0.15, 0.2) is 97.2 Å². The van der Waals surface area contributed by atoms with Crippen LogP contribution in [0.1, 0.15) is 220 Å². The van der Waals surface area contributed by atoms with Crippen molar-refractivity contribution in [1.29, 1.82) is 0 Å². The van der Waals surface area contributed by atoms with Crippen molar-refractivity contribution in [3.8, 4) is 0 Å². The zero-order valence-corrected chi connectivity index (χ0v) is 40.2. The van der Waals surface area contributed by atoms with E-state index in [1.54, 1.807) is 0 Å². The second-order valence-electron chi connectivity index (χ2n) is 17.0. The fourth-order valence-corrected chi connectivity index (χ4v) is 7.22. The van der Waals surface area contributed by atoms with Gasteiger partial charge < -0.3 is 20.3 Å². The topological polar surface area (TPSA) is 95.9 Å². The average molecular weight is 862 g/mol. The first-order chi connectivity index (χ1) is 30.5. The van der Waals surface area contributed by atoms with E-state index in [0.29, 0.717) is 19.3 Å². The highest BCUT2D eigenvalue weighted by atomic mass is 16.5. The molecule has 0 saturated heterocycles. The van der Waals surface area contributed by atoms with E-state index in [1.165, 1.54) is 89.9 Å². The minimum atomic E-state index is -0.814. The predicted octanol–water partition coefficient (Wildman–Crippen LogP) is 15.3. The van der Waals surface area contributed by atoms with Gasteiger partial charge in [0.05, 0.1) is 25.2 Å². The minimum absolute atomic E-state index is 0.0165. The van der Waals surface area contributed by atoms with Gasteiger partial charge in [0.25, 0.3) is 0 Å². The number of carbonyl (C=O) groups excluding carboxylic acids is 2. The van der Waals surface area contributed by atoms with Gasteiger partial charge in [0.2, 0.25) is 5.91 Å². The number of aliphatic hydroxyl groups excluding tert-OH is 2. The van der Waals surface area contributed by atoms with Crippen LogP contribution >= 0.6 is 0 Å². The first kappa shape index (κ1) is 58.8. The largest absolute Gasteiger partial charge is 0.462 e. The molecule has 0 spiro atoms. The predicted molar refractivity (Wildman–Crippen MR) is 268 cm³/mol. The molecular formula is C56H95NO5. The Kier molecular flexibility index (Phi) is 46.3. The molecule has 0 rings (SSSR count). The van der Waals surface area contributed by atoms with Crippen LogP contribution in [-0.4, -0.2) is 46.9 Å². The molecule has 354 valence electrons. The SMILES string of the molecule is CC/C=C/C=C/C=C\C=C/CCCC(CC(=O)NC(CO)C(O)CCCCCCCCCCCCCCCC)OC(=O)CCCCCCC/C=C/C=C/C=C/C=C/CCCCC. The van der Waals surface area contributed by atoms with Crippen molar-refractivity contribution in [1.82, 2.24) is 5.32 Å². The van der Waals surface area contributed by atoms with Gasteiger partial charge in [-0.2, -0.15) is 0 Å². The van der Waals surface area contributed by atoms with E-state index >= 15 is 0 Å². The van der Waals surface area contributed by atoms with E-state index in [1.807, 2.05) is 36.5 Å². The number of nitrogens with one attached hydrogen (secondary N) is 1. The van der Waals surface area contributed by atoms with E-state index in [4.69, 9.17) is 4.74 Å². The van der Waals surface area contributed by atoms with Gasteiger partial charge in [-0.25, -0.2) is 0 Å². The highest BCUT2D eigenvalue weighted by Crippen LogP contribution is 2.17. The number of rotatable bonds is 44. The van der Waals surface area contributed by atoms with Gasteiger partial charge in [-0.1, -0.05) is 240 Å². The quantitative estimate of drug-likeness (QED) is 0.0322. The lowest BCUT2D eigenvalue weighted by Gasteiger charge is -2.24. The van der Waals surface area contributed by atoms with Gasteiger partial charge in [0, 0.05) is 6.42 Å². The molecule has 0 fully saturated rings. The van der Waals surface area contributed by atoms with Gasteiger partial charge >= 0.3 is 5.97 Å². The van der Waals surface area contributed by atoms with Gasteiger partial charge in [-0.15, -0.1) is 0 Å². The van der Waals surface area contributed by atoms with Crippen LogP contribution in [0.3, 0.4) is 0 Å². The summed E-state index contributed by atoms with van der Waals surface area (Å²) in [7, 11) is 0. The van der Waals surface area contributed by atoms with Crippen molar-refractivity contribution in [3.63, 3.8) is 0 Å². The van der Waals surface area contributed by atoms with Crippen LogP contribution in [0.5, 0.6) is 0 Å². The Labute approximate surface area is 382 Å². The maximum absolute atomic E-state index is 13.2. The third kappa shape index (κ3) is 43.4. The number of ether oxygens (including phenoxy) is 1. The standard InChI is InChI=1S/C56H95NO5/c1-4-7-10-13-16-19-22-24-26-27-28-29-31-34-37-40-43-46-49-56(61)62-52(47-44-41-38-35-32-21-18-15-12-9-6-3)50-55(60)57-53(51-58)54(59)48-45-42-39-36-33-30-25-23-20-17-14-11-8-5-2/h9,12,15-16,18-19,21-22,24,26-29,32,35,38,52-54,58-59H,4-8,10-11,13-14,17,20,23,25,30-31,33-34,36-37,39-51H2,1-3H3,(H,57,60)/b12-9+,18-15+,19-16+,24-22+,27-26+,29-28+,32-21-,38-35-. The van der Waals surface area contributed by atoms with Gasteiger partial charge in [-0.3, -0.25) is 9.59 Å². The lowest BCUT2D eigenvalue weighted by Crippen LogP contribution is -2.46. The van der Waals surface area contributed by atoms with Gasteiger partial charge in [-0.05, 0) is 64.2 Å². The molecule has 0 heterocycles. The summed E-state index contributed by atoms with van der Waals surface area (Å²) in [4.78, 5) is 26.1. The third-order valence-corrected chi connectivity index (χ3v) is 11.1. The molecule has 6 nitrogen and oxygen atoms in total. The summed E-state index contributed by atoms with van der Waals surface area (Å²) < 4.78 is 5.88. The second kappa shape index (κ2) is 48.8. The Bertz CT molecular complexity index is 1240. The molecule has 3 unspecified atom stereocenters. The molecule has 3 atom stereocenters. The molecule has 0 aromatic rings. The summed E-state index contributed by atoms with van der Waals surface area (Å²) in [6, 6.07) is -0.733. The third-order valence-electron chi connectivity index (χ3n) is 11.1. The van der Waals surface area contributed by atoms with E-state index in [-0.39, 0.29) is 24.9 Å². The zero-order chi connectivity index (χ0) is 45.2.